The second kappa shape index (κ2) is 10.2. The fourth-order valence-corrected chi connectivity index (χ4v) is 3.73. The Morgan fingerprint density at radius 2 is 2.00 bits per heavy atom. The Balaban J connectivity index is 1.70. The van der Waals surface area contributed by atoms with Crippen molar-refractivity contribution in [2.45, 2.75) is 45.4 Å². The van der Waals surface area contributed by atoms with Gasteiger partial charge in [-0.2, -0.15) is 0 Å². The molecule has 4 aromatic rings. The van der Waals surface area contributed by atoms with E-state index in [1.807, 2.05) is 35.8 Å². The molecule has 0 bridgehead atoms. The number of para-hydroxylation sites is 1. The van der Waals surface area contributed by atoms with Crippen molar-refractivity contribution in [3.05, 3.63) is 41.6 Å². The van der Waals surface area contributed by atoms with Crippen LogP contribution in [0.4, 0.5) is 5.82 Å². The van der Waals surface area contributed by atoms with E-state index in [1.165, 1.54) is 0 Å². The molecule has 3 aromatic heterocycles. The van der Waals surface area contributed by atoms with Crippen molar-refractivity contribution >= 4 is 16.9 Å². The third-order valence-electron chi connectivity index (χ3n) is 5.36. The first-order valence-corrected chi connectivity index (χ1v) is 11.5. The summed E-state index contributed by atoms with van der Waals surface area (Å²) in [4.78, 5) is 9.23. The minimum absolute atomic E-state index is 0.121. The molecule has 0 aliphatic heterocycles. The van der Waals surface area contributed by atoms with E-state index in [9.17, 15) is 5.11 Å². The standard InChI is InChI=1S/C25H29N7O4/c1-5-32-18-13-20(35-14-16(26)12-15-8-6-7-9-19(15)34-4)28-17(10-11-25(2,3)33)21(18)29-24(32)22-23(27)31-36-30-22/h6-9,13,16,33H,5,12,14,26H2,1-4H3,(H2,27,31)/t16-/m1/s1. The average molecular weight is 492 g/mol. The first-order valence-electron chi connectivity index (χ1n) is 11.5. The number of pyridine rings is 1. The number of aryl methyl sites for hydroxylation is 1. The van der Waals surface area contributed by atoms with Gasteiger partial charge in [0.1, 0.15) is 29.2 Å². The second-order valence-corrected chi connectivity index (χ2v) is 8.75. The van der Waals surface area contributed by atoms with Crippen molar-refractivity contribution in [2.75, 3.05) is 19.5 Å². The molecule has 0 fully saturated rings. The number of nitrogens with zero attached hydrogens (tertiary/aromatic N) is 5. The van der Waals surface area contributed by atoms with E-state index >= 15 is 0 Å². The highest BCUT2D eigenvalue weighted by Crippen LogP contribution is 2.30. The summed E-state index contributed by atoms with van der Waals surface area (Å²) in [5.74, 6) is 7.40. The SMILES string of the molecule is CCn1c(-c2nonc2N)nc2c(C#CC(C)(C)O)nc(OC[C@H](N)Cc3ccccc3OC)cc21. The molecule has 1 aromatic carbocycles. The predicted molar refractivity (Wildman–Crippen MR) is 134 cm³/mol. The van der Waals surface area contributed by atoms with E-state index in [0.717, 1.165) is 11.3 Å². The van der Waals surface area contributed by atoms with E-state index in [-0.39, 0.29) is 18.5 Å². The molecule has 0 saturated carbocycles. The number of rotatable bonds is 8. The fourth-order valence-electron chi connectivity index (χ4n) is 3.73. The molecule has 5 N–H and O–H groups in total. The second-order valence-electron chi connectivity index (χ2n) is 8.75. The normalized spacial score (nSPS) is 12.3. The molecule has 11 nitrogen and oxygen atoms in total. The third kappa shape index (κ3) is 5.40. The van der Waals surface area contributed by atoms with Gasteiger partial charge in [-0.3, -0.25) is 0 Å². The van der Waals surface area contributed by atoms with Crippen molar-refractivity contribution < 1.29 is 19.2 Å². The predicted octanol–water partition coefficient (Wildman–Crippen LogP) is 2.16. The summed E-state index contributed by atoms with van der Waals surface area (Å²) in [6.07, 6.45) is 0.563. The molecule has 0 aliphatic rings. The van der Waals surface area contributed by atoms with Gasteiger partial charge in [0.05, 0.1) is 12.6 Å². The number of imidazole rings is 1. The summed E-state index contributed by atoms with van der Waals surface area (Å²) in [6.45, 7) is 5.90. The van der Waals surface area contributed by atoms with Crippen LogP contribution in [-0.2, 0) is 13.0 Å². The Morgan fingerprint density at radius 1 is 1.22 bits per heavy atom. The lowest BCUT2D eigenvalue weighted by Crippen LogP contribution is -2.30. The third-order valence-corrected chi connectivity index (χ3v) is 5.36. The fraction of sp³-hybridized carbons (Fsp3) is 0.360. The van der Waals surface area contributed by atoms with Crippen molar-refractivity contribution in [1.29, 1.82) is 0 Å². The van der Waals surface area contributed by atoms with Crippen LogP contribution in [0, 0.1) is 11.8 Å². The number of aromatic nitrogens is 5. The highest BCUT2D eigenvalue weighted by atomic mass is 16.6. The molecule has 188 valence electrons. The molecule has 3 heterocycles. The van der Waals surface area contributed by atoms with Crippen LogP contribution < -0.4 is 20.9 Å². The molecule has 0 aliphatic carbocycles. The monoisotopic (exact) mass is 491 g/mol. The van der Waals surface area contributed by atoms with Gasteiger partial charge in [-0.05, 0) is 55.1 Å². The van der Waals surface area contributed by atoms with Crippen LogP contribution in [-0.4, -0.2) is 55.3 Å². The number of aliphatic hydroxyl groups is 1. The summed E-state index contributed by atoms with van der Waals surface area (Å²) in [7, 11) is 1.63. The molecule has 36 heavy (non-hydrogen) atoms. The lowest BCUT2D eigenvalue weighted by molar-refractivity contribution is 0.143. The molecule has 0 unspecified atom stereocenters. The molecule has 0 amide bonds. The number of nitrogens with two attached hydrogens (primary N) is 2. The summed E-state index contributed by atoms with van der Waals surface area (Å²) >= 11 is 0. The van der Waals surface area contributed by atoms with Crippen LogP contribution in [0.2, 0.25) is 0 Å². The molecular weight excluding hydrogens is 462 g/mol. The quantitative estimate of drug-likeness (QED) is 0.312. The van der Waals surface area contributed by atoms with Gasteiger partial charge < -0.3 is 30.6 Å². The number of ether oxygens (including phenoxy) is 2. The summed E-state index contributed by atoms with van der Waals surface area (Å²) in [6, 6.07) is 9.18. The number of fused-ring (bicyclic) bond motifs is 1. The van der Waals surface area contributed by atoms with E-state index in [2.05, 4.69) is 32.1 Å². The van der Waals surface area contributed by atoms with Crippen LogP contribution in [0.1, 0.15) is 32.0 Å². The Kier molecular flexibility index (Phi) is 7.10. The van der Waals surface area contributed by atoms with E-state index in [1.54, 1.807) is 27.0 Å². The lowest BCUT2D eigenvalue weighted by atomic mass is 10.1. The smallest absolute Gasteiger partial charge is 0.216 e. The summed E-state index contributed by atoms with van der Waals surface area (Å²) in [5.41, 5.74) is 13.9. The van der Waals surface area contributed by atoms with Gasteiger partial charge in [-0.25, -0.2) is 14.6 Å². The van der Waals surface area contributed by atoms with E-state index < -0.39 is 5.60 Å². The summed E-state index contributed by atoms with van der Waals surface area (Å²) in [5, 5.41) is 17.7. The van der Waals surface area contributed by atoms with Crippen LogP contribution in [0.5, 0.6) is 11.6 Å². The zero-order valence-corrected chi connectivity index (χ0v) is 20.6. The number of nitrogen functional groups attached to an aromatic ring is 1. The van der Waals surface area contributed by atoms with Crippen LogP contribution >= 0.6 is 0 Å². The van der Waals surface area contributed by atoms with Gasteiger partial charge in [0.15, 0.2) is 17.3 Å². The van der Waals surface area contributed by atoms with E-state index in [0.29, 0.717) is 47.1 Å². The van der Waals surface area contributed by atoms with Crippen LogP contribution in [0.15, 0.2) is 35.0 Å². The first-order chi connectivity index (χ1) is 17.2. The van der Waals surface area contributed by atoms with Crippen molar-refractivity contribution in [2.24, 2.45) is 5.73 Å². The maximum atomic E-state index is 10.1. The molecule has 0 spiro atoms. The van der Waals surface area contributed by atoms with Gasteiger partial charge in [-0.1, -0.05) is 24.1 Å². The average Bonchev–Trinajstić information content (AvgIpc) is 3.43. The minimum atomic E-state index is -1.22. The Morgan fingerprint density at radius 3 is 2.67 bits per heavy atom. The Bertz CT molecular complexity index is 1430. The topological polar surface area (TPSA) is 160 Å². The number of methoxy groups -OCH3 is 1. The largest absolute Gasteiger partial charge is 0.496 e. The number of hydrogen-bond donors (Lipinski definition) is 3. The van der Waals surface area contributed by atoms with E-state index in [4.69, 9.17) is 25.6 Å². The zero-order chi connectivity index (χ0) is 25.9. The summed E-state index contributed by atoms with van der Waals surface area (Å²) < 4.78 is 18.1. The number of hydrogen-bond acceptors (Lipinski definition) is 10. The minimum Gasteiger partial charge on any atom is -0.496 e. The maximum absolute atomic E-state index is 10.1. The molecule has 4 rings (SSSR count). The highest BCUT2D eigenvalue weighted by Gasteiger charge is 2.22. The lowest BCUT2D eigenvalue weighted by Gasteiger charge is -2.15. The molecule has 11 heteroatoms. The molecule has 1 atom stereocenters. The first kappa shape index (κ1) is 25.0. The number of benzene rings is 1. The van der Waals surface area contributed by atoms with Gasteiger partial charge in [0, 0.05) is 18.7 Å². The Hall–Kier alpha value is -4.14. The van der Waals surface area contributed by atoms with Gasteiger partial charge >= 0.3 is 0 Å². The Labute approximate surface area is 208 Å². The van der Waals surface area contributed by atoms with Gasteiger partial charge in [0.2, 0.25) is 5.88 Å². The maximum Gasteiger partial charge on any atom is 0.216 e. The van der Waals surface area contributed by atoms with Gasteiger partial charge in [-0.15, -0.1) is 0 Å². The zero-order valence-electron chi connectivity index (χ0n) is 20.6. The van der Waals surface area contributed by atoms with Crippen LogP contribution in [0.3, 0.4) is 0 Å². The molecule has 0 saturated heterocycles. The van der Waals surface area contributed by atoms with Gasteiger partial charge in [0.25, 0.3) is 0 Å². The van der Waals surface area contributed by atoms with Crippen molar-refractivity contribution in [3.63, 3.8) is 0 Å². The molecular formula is C25H29N7O4. The molecule has 0 radical (unpaired) electrons. The highest BCUT2D eigenvalue weighted by molar-refractivity contribution is 5.86. The van der Waals surface area contributed by atoms with Crippen molar-refractivity contribution in [1.82, 2.24) is 24.8 Å². The van der Waals surface area contributed by atoms with Crippen molar-refractivity contribution in [3.8, 4) is 35.0 Å². The van der Waals surface area contributed by atoms with Crippen LogP contribution in [0.25, 0.3) is 22.6 Å². The number of anilines is 1.